The summed E-state index contributed by atoms with van der Waals surface area (Å²) in [6.07, 6.45) is 5.23. The second-order valence-electron chi connectivity index (χ2n) is 8.63. The number of benzene rings is 3. The largest absolute Gasteiger partial charge is 0.478 e. The Morgan fingerprint density at radius 3 is 2.61 bits per heavy atom. The zero-order chi connectivity index (χ0) is 26.6. The minimum absolute atomic E-state index is 0.111. The minimum Gasteiger partial charge on any atom is -0.478 e. The second kappa shape index (κ2) is 10.8. The normalized spacial score (nSPS) is 16.3. The number of carbonyl (C=O) groups is 3. The fraction of sp³-hybridized carbons (Fsp3) is 0.111. The topological polar surface area (TPSA) is 126 Å². The summed E-state index contributed by atoms with van der Waals surface area (Å²) in [4.78, 5) is 39.7. The summed E-state index contributed by atoms with van der Waals surface area (Å²) in [6.45, 7) is 0.350. The molecule has 0 fully saturated rings. The summed E-state index contributed by atoms with van der Waals surface area (Å²) >= 11 is 6.21. The lowest BCUT2D eigenvalue weighted by molar-refractivity contribution is -0.135. The number of carboxylic acids is 1. The number of hydrazone groups is 1. The summed E-state index contributed by atoms with van der Waals surface area (Å²) in [5, 5.41) is 18.0. The molecule has 4 N–H and O–H groups in total. The van der Waals surface area contributed by atoms with Crippen molar-refractivity contribution in [2.24, 2.45) is 5.10 Å². The molecule has 0 unspecified atom stereocenters. The van der Waals surface area contributed by atoms with E-state index in [2.05, 4.69) is 21.5 Å². The molecule has 3 aromatic carbocycles. The van der Waals surface area contributed by atoms with Crippen LogP contribution in [0.1, 0.15) is 33.1 Å². The molecular weight excluding hydrogens is 508 g/mol. The minimum atomic E-state index is -1.06. The van der Waals surface area contributed by atoms with Gasteiger partial charge < -0.3 is 15.3 Å². The Labute approximate surface area is 223 Å². The molecule has 3 aromatic rings. The van der Waals surface area contributed by atoms with Crippen molar-refractivity contribution in [3.05, 3.63) is 100 Å². The van der Waals surface area contributed by atoms with Crippen molar-refractivity contribution in [2.45, 2.75) is 12.5 Å². The predicted octanol–water partition coefficient (Wildman–Crippen LogP) is 3.59. The molecule has 0 saturated heterocycles. The first-order valence-electron chi connectivity index (χ1n) is 11.7. The number of hydrogen-bond acceptors (Lipinski definition) is 7. The van der Waals surface area contributed by atoms with Gasteiger partial charge in [0.25, 0.3) is 5.91 Å². The van der Waals surface area contributed by atoms with Crippen molar-refractivity contribution in [2.75, 3.05) is 16.9 Å². The molecular formula is C27H23ClN6O4. The molecule has 2 heterocycles. The summed E-state index contributed by atoms with van der Waals surface area (Å²) < 4.78 is 0. The van der Waals surface area contributed by atoms with Crippen molar-refractivity contribution in [3.8, 4) is 0 Å². The van der Waals surface area contributed by atoms with Crippen molar-refractivity contribution >= 4 is 53.2 Å². The summed E-state index contributed by atoms with van der Waals surface area (Å²) in [5.74, 6) is -1.79. The summed E-state index contributed by atoms with van der Waals surface area (Å²) in [6, 6.07) is 17.8. The highest BCUT2D eigenvalue weighted by Gasteiger charge is 2.35. The van der Waals surface area contributed by atoms with Crippen LogP contribution in [0.25, 0.3) is 6.08 Å². The molecule has 11 heteroatoms. The maximum atomic E-state index is 13.5. The number of anilines is 2. The van der Waals surface area contributed by atoms with Gasteiger partial charge in [-0.15, -0.1) is 5.53 Å². The third-order valence-corrected chi connectivity index (χ3v) is 6.51. The van der Waals surface area contributed by atoms with Gasteiger partial charge >= 0.3 is 5.97 Å². The quantitative estimate of drug-likeness (QED) is 0.359. The molecule has 2 amide bonds. The first-order chi connectivity index (χ1) is 18.4. The summed E-state index contributed by atoms with van der Waals surface area (Å²) in [5.41, 5.74) is 9.15. The Morgan fingerprint density at radius 1 is 1.08 bits per heavy atom. The van der Waals surface area contributed by atoms with Crippen molar-refractivity contribution < 1.29 is 19.5 Å². The van der Waals surface area contributed by atoms with Crippen LogP contribution in [-0.4, -0.2) is 40.7 Å². The van der Waals surface area contributed by atoms with Crippen LogP contribution in [0.4, 0.5) is 11.4 Å². The highest BCUT2D eigenvalue weighted by atomic mass is 35.5. The van der Waals surface area contributed by atoms with Gasteiger partial charge in [-0.2, -0.15) is 5.10 Å². The van der Waals surface area contributed by atoms with Gasteiger partial charge in [0.2, 0.25) is 5.91 Å². The number of hydrogen-bond donors (Lipinski definition) is 4. The Kier molecular flexibility index (Phi) is 7.07. The van der Waals surface area contributed by atoms with Crippen LogP contribution in [0.15, 0.2) is 77.9 Å². The van der Waals surface area contributed by atoms with Crippen LogP contribution in [0.2, 0.25) is 5.02 Å². The maximum Gasteiger partial charge on any atom is 0.335 e. The van der Waals surface area contributed by atoms with E-state index in [0.717, 1.165) is 16.8 Å². The van der Waals surface area contributed by atoms with Gasteiger partial charge in [0, 0.05) is 28.9 Å². The van der Waals surface area contributed by atoms with E-state index in [9.17, 15) is 14.4 Å². The number of fused-ring (bicyclic) bond motifs is 1. The predicted molar refractivity (Wildman–Crippen MR) is 144 cm³/mol. The molecule has 0 radical (unpaired) electrons. The average molecular weight is 531 g/mol. The van der Waals surface area contributed by atoms with Crippen LogP contribution < -0.4 is 21.4 Å². The first kappa shape index (κ1) is 25.0. The van der Waals surface area contributed by atoms with Gasteiger partial charge in [-0.1, -0.05) is 35.9 Å². The van der Waals surface area contributed by atoms with Gasteiger partial charge in [0.05, 0.1) is 11.3 Å². The Balaban J connectivity index is 1.42. The zero-order valence-electron chi connectivity index (χ0n) is 20.0. The lowest BCUT2D eigenvalue weighted by Gasteiger charge is -2.35. The Hall–Kier alpha value is -4.67. The highest BCUT2D eigenvalue weighted by molar-refractivity contribution is 6.30. The third kappa shape index (κ3) is 5.22. The Bertz CT molecular complexity index is 1460. The van der Waals surface area contributed by atoms with E-state index in [1.54, 1.807) is 35.6 Å². The molecule has 2 aliphatic heterocycles. The average Bonchev–Trinajstić information content (AvgIpc) is 3.46. The van der Waals surface area contributed by atoms with Crippen LogP contribution in [-0.2, 0) is 16.0 Å². The lowest BCUT2D eigenvalue weighted by Crippen LogP contribution is -2.44. The van der Waals surface area contributed by atoms with Crippen molar-refractivity contribution in [3.63, 3.8) is 0 Å². The number of aromatic carboxylic acids is 1. The van der Waals surface area contributed by atoms with Gasteiger partial charge in [-0.25, -0.2) is 15.3 Å². The molecule has 0 saturated carbocycles. The van der Waals surface area contributed by atoms with Crippen LogP contribution in [0.3, 0.4) is 0 Å². The molecule has 0 spiro atoms. The van der Waals surface area contributed by atoms with E-state index in [0.29, 0.717) is 29.2 Å². The number of nitrogens with one attached hydrogen (secondary N) is 3. The second-order valence-corrected chi connectivity index (χ2v) is 9.07. The van der Waals surface area contributed by atoms with Crippen molar-refractivity contribution in [1.29, 1.82) is 0 Å². The zero-order valence-corrected chi connectivity index (χ0v) is 20.7. The highest BCUT2D eigenvalue weighted by Crippen LogP contribution is 2.32. The molecule has 192 valence electrons. The van der Waals surface area contributed by atoms with E-state index in [-0.39, 0.29) is 11.5 Å². The van der Waals surface area contributed by atoms with E-state index in [4.69, 9.17) is 16.7 Å². The number of nitrogens with zero attached hydrogens (tertiary/aromatic N) is 3. The van der Waals surface area contributed by atoms with Crippen LogP contribution in [0, 0.1) is 0 Å². The first-order valence-corrected chi connectivity index (χ1v) is 12.1. The molecule has 10 nitrogen and oxygen atoms in total. The SMILES string of the molecule is O=C(O)c1ccc(NC(=O)[C@@H]2c3ccccc3CCN2C(=O)/C=C/c2cc(Cl)ccc2N2C=NNN2)cc1. The monoisotopic (exact) mass is 530 g/mol. The van der Waals surface area contributed by atoms with Crippen LogP contribution >= 0.6 is 11.6 Å². The van der Waals surface area contributed by atoms with Gasteiger partial charge in [-0.3, -0.25) is 9.59 Å². The molecule has 0 aromatic heterocycles. The van der Waals surface area contributed by atoms with Gasteiger partial charge in [0.1, 0.15) is 12.4 Å². The molecule has 0 bridgehead atoms. The maximum absolute atomic E-state index is 13.5. The molecule has 38 heavy (non-hydrogen) atoms. The number of hydrazine groups is 2. The smallest absolute Gasteiger partial charge is 0.335 e. The lowest BCUT2D eigenvalue weighted by atomic mass is 9.91. The van der Waals surface area contributed by atoms with Gasteiger partial charge in [0.15, 0.2) is 0 Å². The fourth-order valence-electron chi connectivity index (χ4n) is 4.45. The number of halogens is 1. The van der Waals surface area contributed by atoms with Gasteiger partial charge in [-0.05, 0) is 66.1 Å². The number of amides is 2. The van der Waals surface area contributed by atoms with E-state index in [1.165, 1.54) is 35.2 Å². The standard InChI is InChI=1S/C27H23ClN6O4/c28-20-8-11-23(34-16-29-31-32-34)19(15-20)7-12-24(35)33-14-13-17-3-1-2-4-22(17)25(33)26(36)30-21-9-5-18(6-10-21)27(37)38/h1-12,15-16,25,31-32H,13-14H2,(H,30,36)(H,37,38)/b12-7+/t25-/m0/s1. The third-order valence-electron chi connectivity index (χ3n) is 6.28. The number of carboxylic acid groups (broad SMARTS) is 1. The Morgan fingerprint density at radius 2 is 1.87 bits per heavy atom. The molecule has 5 rings (SSSR count). The number of rotatable bonds is 6. The van der Waals surface area contributed by atoms with Crippen molar-refractivity contribution in [1.82, 2.24) is 16.0 Å². The molecule has 1 atom stereocenters. The fourth-order valence-corrected chi connectivity index (χ4v) is 4.63. The van der Waals surface area contributed by atoms with E-state index in [1.807, 2.05) is 24.3 Å². The summed E-state index contributed by atoms with van der Waals surface area (Å²) in [7, 11) is 0. The van der Waals surface area contributed by atoms with Crippen LogP contribution in [0.5, 0.6) is 0 Å². The molecule has 0 aliphatic carbocycles. The van der Waals surface area contributed by atoms with E-state index >= 15 is 0 Å². The van der Waals surface area contributed by atoms with E-state index < -0.39 is 17.9 Å². The number of carbonyl (C=O) groups excluding carboxylic acids is 2. The molecule has 2 aliphatic rings.